The maximum Gasteiger partial charge on any atom is 0.354 e. The van der Waals surface area contributed by atoms with Crippen LogP contribution in [0.1, 0.15) is 0 Å². The molecule has 0 atom stereocenters. The van der Waals surface area contributed by atoms with Gasteiger partial charge >= 0.3 is 5.63 Å². The van der Waals surface area contributed by atoms with Gasteiger partial charge < -0.3 is 9.15 Å². The van der Waals surface area contributed by atoms with Gasteiger partial charge in [-0.2, -0.15) is 0 Å². The monoisotopic (exact) mass is 397 g/mol. The maximum absolute atomic E-state index is 13.3. The predicted octanol–water partition coefficient (Wildman–Crippen LogP) is 3.87. The average molecular weight is 398 g/mol. The van der Waals surface area contributed by atoms with Crippen molar-refractivity contribution in [3.05, 3.63) is 79.8 Å². The molecule has 0 fully saturated rings. The number of para-hydroxylation sites is 2. The van der Waals surface area contributed by atoms with E-state index in [9.17, 15) is 9.59 Å². The molecule has 0 saturated carbocycles. The number of halogens is 1. The normalized spacial score (nSPS) is 11.1. The number of hydrogen-bond acceptors (Lipinski definition) is 4. The van der Waals surface area contributed by atoms with Crippen molar-refractivity contribution in [1.82, 2.24) is 4.57 Å². The van der Waals surface area contributed by atoms with Crippen LogP contribution in [0.15, 0.2) is 73.1 Å². The molecule has 4 aromatic rings. The Balaban J connectivity index is 2.35. The Bertz CT molecular complexity index is 1230. The number of pyridine rings is 1. The lowest BCUT2D eigenvalue weighted by Crippen LogP contribution is -2.21. The molecule has 2 aromatic carbocycles. The summed E-state index contributed by atoms with van der Waals surface area (Å²) in [5, 5.41) is 0.875. The van der Waals surface area contributed by atoms with E-state index in [1.165, 1.54) is 7.11 Å². The van der Waals surface area contributed by atoms with Crippen LogP contribution in [0.4, 0.5) is 0 Å². The summed E-state index contributed by atoms with van der Waals surface area (Å²) in [4.78, 5) is 25.4. The molecule has 0 N–H and O–H groups in total. The van der Waals surface area contributed by atoms with Gasteiger partial charge in [0.1, 0.15) is 9.86 Å². The van der Waals surface area contributed by atoms with Gasteiger partial charge in [0.15, 0.2) is 11.3 Å². The van der Waals surface area contributed by atoms with Gasteiger partial charge in [-0.3, -0.25) is 9.36 Å². The SMILES string of the molecule is COc1c(Br)c(=O)oc2c1c(=O)n(-c1ccccc1)c1ccccc21. The van der Waals surface area contributed by atoms with E-state index < -0.39 is 5.63 Å². The number of hydrogen-bond donors (Lipinski definition) is 0. The minimum Gasteiger partial charge on any atom is -0.494 e. The topological polar surface area (TPSA) is 61.4 Å². The molecular weight excluding hydrogens is 386 g/mol. The summed E-state index contributed by atoms with van der Waals surface area (Å²) in [6.07, 6.45) is 0. The summed E-state index contributed by atoms with van der Waals surface area (Å²) >= 11 is 3.16. The molecule has 0 unspecified atom stereocenters. The van der Waals surface area contributed by atoms with Crippen molar-refractivity contribution in [2.75, 3.05) is 7.11 Å². The van der Waals surface area contributed by atoms with Crippen molar-refractivity contribution in [3.63, 3.8) is 0 Å². The number of benzene rings is 2. The van der Waals surface area contributed by atoms with Gasteiger partial charge in [-0.1, -0.05) is 30.3 Å². The molecular formula is C19H12BrNO4. The molecule has 0 radical (unpaired) electrons. The van der Waals surface area contributed by atoms with Gasteiger partial charge in [-0.15, -0.1) is 0 Å². The number of fused-ring (bicyclic) bond motifs is 3. The van der Waals surface area contributed by atoms with Crippen LogP contribution in [-0.4, -0.2) is 11.7 Å². The van der Waals surface area contributed by atoms with Gasteiger partial charge in [0.05, 0.1) is 12.6 Å². The largest absolute Gasteiger partial charge is 0.494 e. The van der Waals surface area contributed by atoms with Crippen LogP contribution in [0.2, 0.25) is 0 Å². The third kappa shape index (κ3) is 2.29. The fraction of sp³-hybridized carbons (Fsp3) is 0.0526. The van der Waals surface area contributed by atoms with Crippen LogP contribution >= 0.6 is 15.9 Å². The van der Waals surface area contributed by atoms with Crippen molar-refractivity contribution in [2.45, 2.75) is 0 Å². The second-order valence-electron chi connectivity index (χ2n) is 5.43. The first-order valence-electron chi connectivity index (χ1n) is 7.53. The highest BCUT2D eigenvalue weighted by molar-refractivity contribution is 9.10. The lowest BCUT2D eigenvalue weighted by molar-refractivity contribution is 0.409. The lowest BCUT2D eigenvalue weighted by atomic mass is 10.1. The summed E-state index contributed by atoms with van der Waals surface area (Å²) in [6.45, 7) is 0. The fourth-order valence-corrected chi connectivity index (χ4v) is 3.43. The highest BCUT2D eigenvalue weighted by atomic mass is 79.9. The summed E-state index contributed by atoms with van der Waals surface area (Å²) in [5.41, 5.74) is 0.680. The molecule has 0 aliphatic heterocycles. The summed E-state index contributed by atoms with van der Waals surface area (Å²) in [5.74, 6) is 0.173. The van der Waals surface area contributed by atoms with Gasteiger partial charge in [0.2, 0.25) is 0 Å². The Labute approximate surface area is 150 Å². The van der Waals surface area contributed by atoms with Crippen LogP contribution in [-0.2, 0) is 0 Å². The summed E-state index contributed by atoms with van der Waals surface area (Å²) in [6, 6.07) is 16.6. The Morgan fingerprint density at radius 1 is 1.00 bits per heavy atom. The number of methoxy groups -OCH3 is 1. The van der Waals surface area contributed by atoms with Crippen LogP contribution in [0, 0.1) is 0 Å². The Hall–Kier alpha value is -2.86. The summed E-state index contributed by atoms with van der Waals surface area (Å²) < 4.78 is 12.4. The van der Waals surface area contributed by atoms with Crippen molar-refractivity contribution in [3.8, 4) is 11.4 Å². The Kier molecular flexibility index (Phi) is 3.69. The maximum atomic E-state index is 13.3. The number of aromatic nitrogens is 1. The highest BCUT2D eigenvalue weighted by Crippen LogP contribution is 2.33. The second-order valence-corrected chi connectivity index (χ2v) is 6.23. The van der Waals surface area contributed by atoms with E-state index in [2.05, 4.69) is 15.9 Å². The molecule has 0 saturated heterocycles. The first kappa shape index (κ1) is 15.7. The third-order valence-corrected chi connectivity index (χ3v) is 4.74. The van der Waals surface area contributed by atoms with Gasteiger partial charge in [-0.25, -0.2) is 4.79 Å². The molecule has 0 aliphatic carbocycles. The van der Waals surface area contributed by atoms with Crippen molar-refractivity contribution >= 4 is 37.8 Å². The lowest BCUT2D eigenvalue weighted by Gasteiger charge is -2.14. The van der Waals surface area contributed by atoms with Crippen LogP contribution in [0.5, 0.6) is 5.75 Å². The van der Waals surface area contributed by atoms with Crippen LogP contribution in [0.3, 0.4) is 0 Å². The van der Waals surface area contributed by atoms with Gasteiger partial charge in [0.25, 0.3) is 5.56 Å². The molecule has 5 nitrogen and oxygen atoms in total. The molecule has 2 heterocycles. The molecule has 0 bridgehead atoms. The molecule has 6 heteroatoms. The quantitative estimate of drug-likeness (QED) is 0.481. The van der Waals surface area contributed by atoms with E-state index in [1.807, 2.05) is 54.6 Å². The fourth-order valence-electron chi connectivity index (χ4n) is 2.98. The van der Waals surface area contributed by atoms with Crippen LogP contribution < -0.4 is 15.9 Å². The van der Waals surface area contributed by atoms with Gasteiger partial charge in [-0.05, 0) is 40.2 Å². The molecule has 25 heavy (non-hydrogen) atoms. The zero-order valence-electron chi connectivity index (χ0n) is 13.2. The standard InChI is InChI=1S/C19H12BrNO4/c1-24-17-14-16(25-19(23)15(17)20)12-9-5-6-10-13(12)21(18(14)22)11-7-3-2-4-8-11/h2-10H,1H3. The molecule has 0 aliphatic rings. The third-order valence-electron chi connectivity index (χ3n) is 4.05. The zero-order chi connectivity index (χ0) is 17.6. The molecule has 2 aromatic heterocycles. The first-order valence-corrected chi connectivity index (χ1v) is 8.32. The second kappa shape index (κ2) is 5.89. The van der Waals surface area contributed by atoms with Gasteiger partial charge in [0, 0.05) is 11.1 Å². The van der Waals surface area contributed by atoms with E-state index in [0.717, 1.165) is 5.69 Å². The molecule has 124 valence electrons. The molecule has 0 spiro atoms. The van der Waals surface area contributed by atoms with E-state index >= 15 is 0 Å². The molecule has 4 rings (SSSR count). The van der Waals surface area contributed by atoms with E-state index in [1.54, 1.807) is 4.57 Å². The molecule has 0 amide bonds. The van der Waals surface area contributed by atoms with Crippen LogP contribution in [0.25, 0.3) is 27.6 Å². The minimum atomic E-state index is -0.591. The zero-order valence-corrected chi connectivity index (χ0v) is 14.7. The predicted molar refractivity (Wildman–Crippen MR) is 99.8 cm³/mol. The Morgan fingerprint density at radius 2 is 1.68 bits per heavy atom. The minimum absolute atomic E-state index is 0.0921. The van der Waals surface area contributed by atoms with E-state index in [0.29, 0.717) is 10.9 Å². The Morgan fingerprint density at radius 3 is 2.40 bits per heavy atom. The van der Waals surface area contributed by atoms with Crippen molar-refractivity contribution < 1.29 is 9.15 Å². The smallest absolute Gasteiger partial charge is 0.354 e. The number of nitrogens with zero attached hydrogens (tertiary/aromatic N) is 1. The van der Waals surface area contributed by atoms with E-state index in [4.69, 9.17) is 9.15 Å². The number of rotatable bonds is 2. The average Bonchev–Trinajstić information content (AvgIpc) is 2.64. The van der Waals surface area contributed by atoms with E-state index in [-0.39, 0.29) is 26.8 Å². The van der Waals surface area contributed by atoms with Crippen molar-refractivity contribution in [1.29, 1.82) is 0 Å². The first-order chi connectivity index (χ1) is 12.1. The summed E-state index contributed by atoms with van der Waals surface area (Å²) in [7, 11) is 1.42. The highest BCUT2D eigenvalue weighted by Gasteiger charge is 2.21. The number of ether oxygens (including phenoxy) is 1. The van der Waals surface area contributed by atoms with Crippen molar-refractivity contribution in [2.24, 2.45) is 0 Å².